The minimum Gasteiger partial charge on any atom is -0.422 e. The highest BCUT2D eigenvalue weighted by Gasteiger charge is 2.43. The van der Waals surface area contributed by atoms with Crippen LogP contribution in [0.2, 0.25) is 0 Å². The van der Waals surface area contributed by atoms with E-state index in [9.17, 15) is 14.4 Å². The molecule has 1 aliphatic heterocycles. The first-order valence-corrected chi connectivity index (χ1v) is 10.1. The second kappa shape index (κ2) is 7.09. The third-order valence-electron chi connectivity index (χ3n) is 5.69. The third kappa shape index (κ3) is 2.99. The van der Waals surface area contributed by atoms with E-state index in [-0.39, 0.29) is 23.9 Å². The van der Waals surface area contributed by atoms with Gasteiger partial charge in [0.25, 0.3) is 5.56 Å². The Morgan fingerprint density at radius 1 is 1.10 bits per heavy atom. The first-order valence-electron chi connectivity index (χ1n) is 10.1. The van der Waals surface area contributed by atoms with E-state index in [1.54, 1.807) is 31.2 Å². The SMILES string of the molecule is CCc1ccc(N2C(=O)C[C@H](c3c(C)[nH]n(-c4nc5ccccc5o4)c3=O)C2=O)cc1. The van der Waals surface area contributed by atoms with Crippen LogP contribution in [0.15, 0.2) is 57.7 Å². The largest absolute Gasteiger partial charge is 0.422 e. The summed E-state index contributed by atoms with van der Waals surface area (Å²) in [6, 6.07) is 14.6. The summed E-state index contributed by atoms with van der Waals surface area (Å²) in [5.74, 6) is -1.58. The number of rotatable bonds is 4. The van der Waals surface area contributed by atoms with Gasteiger partial charge in [-0.1, -0.05) is 31.2 Å². The number of nitrogens with zero attached hydrogens (tertiary/aromatic N) is 3. The van der Waals surface area contributed by atoms with Gasteiger partial charge in [-0.15, -0.1) is 0 Å². The molecule has 1 saturated heterocycles. The molecule has 156 valence electrons. The summed E-state index contributed by atoms with van der Waals surface area (Å²) >= 11 is 0. The first kappa shape index (κ1) is 19.0. The van der Waals surface area contributed by atoms with E-state index < -0.39 is 17.4 Å². The molecule has 1 fully saturated rings. The number of para-hydroxylation sites is 2. The summed E-state index contributed by atoms with van der Waals surface area (Å²) in [6.45, 7) is 3.74. The summed E-state index contributed by atoms with van der Waals surface area (Å²) in [7, 11) is 0. The number of hydrogen-bond acceptors (Lipinski definition) is 5. The number of aromatic nitrogens is 3. The Morgan fingerprint density at radius 3 is 2.55 bits per heavy atom. The van der Waals surface area contributed by atoms with Gasteiger partial charge in [0.1, 0.15) is 5.52 Å². The van der Waals surface area contributed by atoms with E-state index in [1.807, 2.05) is 31.2 Å². The second-order valence-electron chi connectivity index (χ2n) is 7.60. The number of aromatic amines is 1. The molecule has 2 aromatic heterocycles. The summed E-state index contributed by atoms with van der Waals surface area (Å²) < 4.78 is 6.87. The molecule has 8 heteroatoms. The second-order valence-corrected chi connectivity index (χ2v) is 7.60. The Kier molecular flexibility index (Phi) is 4.35. The Bertz CT molecular complexity index is 1340. The monoisotopic (exact) mass is 416 g/mol. The number of benzene rings is 2. The number of oxazole rings is 1. The zero-order chi connectivity index (χ0) is 21.7. The molecule has 3 heterocycles. The Hall–Kier alpha value is -3.94. The lowest BCUT2D eigenvalue weighted by Gasteiger charge is -2.15. The van der Waals surface area contributed by atoms with Crippen molar-refractivity contribution in [3.8, 4) is 6.01 Å². The number of carbonyl (C=O) groups excluding carboxylic acids is 2. The van der Waals surface area contributed by atoms with Crippen molar-refractivity contribution in [3.05, 3.63) is 75.7 Å². The minimum atomic E-state index is -0.854. The molecule has 0 unspecified atom stereocenters. The molecule has 4 aromatic rings. The topological polar surface area (TPSA) is 101 Å². The van der Waals surface area contributed by atoms with Crippen molar-refractivity contribution in [2.75, 3.05) is 4.90 Å². The molecule has 2 amide bonds. The number of fused-ring (bicyclic) bond motifs is 1. The number of H-pyrrole nitrogens is 1. The van der Waals surface area contributed by atoms with Gasteiger partial charge in [0.05, 0.1) is 17.2 Å². The lowest BCUT2D eigenvalue weighted by atomic mass is 9.98. The first-order chi connectivity index (χ1) is 15.0. The van der Waals surface area contributed by atoms with E-state index in [2.05, 4.69) is 10.1 Å². The lowest BCUT2D eigenvalue weighted by Crippen LogP contribution is -2.31. The van der Waals surface area contributed by atoms with Crippen molar-refractivity contribution in [2.45, 2.75) is 32.6 Å². The van der Waals surface area contributed by atoms with Crippen LogP contribution in [0.4, 0.5) is 5.69 Å². The summed E-state index contributed by atoms with van der Waals surface area (Å²) in [6.07, 6.45) is 0.804. The molecule has 0 spiro atoms. The molecular weight excluding hydrogens is 396 g/mol. The van der Waals surface area contributed by atoms with Gasteiger partial charge in [-0.2, -0.15) is 9.67 Å². The number of imide groups is 1. The van der Waals surface area contributed by atoms with Crippen LogP contribution in [0.25, 0.3) is 17.1 Å². The summed E-state index contributed by atoms with van der Waals surface area (Å²) in [5.41, 5.74) is 3.11. The molecule has 0 aliphatic carbocycles. The van der Waals surface area contributed by atoms with Gasteiger partial charge in [0.2, 0.25) is 11.8 Å². The summed E-state index contributed by atoms with van der Waals surface area (Å²) in [4.78, 5) is 44.6. The molecule has 1 aliphatic rings. The van der Waals surface area contributed by atoms with Crippen molar-refractivity contribution in [2.24, 2.45) is 0 Å². The van der Waals surface area contributed by atoms with Crippen molar-refractivity contribution in [1.82, 2.24) is 14.8 Å². The van der Waals surface area contributed by atoms with Crippen LogP contribution in [0, 0.1) is 6.92 Å². The molecule has 2 aromatic carbocycles. The predicted octanol–water partition coefficient (Wildman–Crippen LogP) is 3.22. The van der Waals surface area contributed by atoms with Crippen LogP contribution in [-0.2, 0) is 16.0 Å². The van der Waals surface area contributed by atoms with Crippen LogP contribution in [0.5, 0.6) is 0 Å². The lowest BCUT2D eigenvalue weighted by molar-refractivity contribution is -0.121. The molecule has 8 nitrogen and oxygen atoms in total. The minimum absolute atomic E-state index is 0.0597. The molecule has 1 atom stereocenters. The highest BCUT2D eigenvalue weighted by atomic mass is 16.4. The van der Waals surface area contributed by atoms with Crippen LogP contribution in [0.1, 0.15) is 36.1 Å². The fraction of sp³-hybridized carbons (Fsp3) is 0.217. The van der Waals surface area contributed by atoms with Crippen molar-refractivity contribution in [3.63, 3.8) is 0 Å². The van der Waals surface area contributed by atoms with Crippen molar-refractivity contribution in [1.29, 1.82) is 0 Å². The quantitative estimate of drug-likeness (QED) is 0.515. The Balaban J connectivity index is 1.52. The number of anilines is 1. The van der Waals surface area contributed by atoms with Gasteiger partial charge in [0.15, 0.2) is 5.58 Å². The van der Waals surface area contributed by atoms with Crippen LogP contribution >= 0.6 is 0 Å². The molecule has 5 rings (SSSR count). The highest BCUT2D eigenvalue weighted by molar-refractivity contribution is 6.22. The van der Waals surface area contributed by atoms with E-state index in [1.165, 1.54) is 9.58 Å². The van der Waals surface area contributed by atoms with Crippen LogP contribution in [-0.4, -0.2) is 26.6 Å². The number of amides is 2. The average molecular weight is 416 g/mol. The maximum atomic E-state index is 13.2. The molecule has 0 radical (unpaired) electrons. The maximum absolute atomic E-state index is 13.2. The van der Waals surface area contributed by atoms with E-state index in [4.69, 9.17) is 4.42 Å². The molecule has 1 N–H and O–H groups in total. The third-order valence-corrected chi connectivity index (χ3v) is 5.69. The molecule has 0 bridgehead atoms. The van der Waals surface area contributed by atoms with E-state index >= 15 is 0 Å². The zero-order valence-electron chi connectivity index (χ0n) is 17.1. The maximum Gasteiger partial charge on any atom is 0.325 e. The Labute approximate surface area is 177 Å². The van der Waals surface area contributed by atoms with Gasteiger partial charge >= 0.3 is 6.01 Å². The highest BCUT2D eigenvalue weighted by Crippen LogP contribution is 2.33. The standard InChI is InChI=1S/C23H20N4O4/c1-3-14-8-10-15(11-9-14)26-19(28)12-16(21(26)29)20-13(2)25-27(22(20)30)23-24-17-6-4-5-7-18(17)31-23/h4-11,16,25H,3,12H2,1-2H3/t16-/m1/s1. The zero-order valence-corrected chi connectivity index (χ0v) is 17.1. The fourth-order valence-corrected chi connectivity index (χ4v) is 4.07. The van der Waals surface area contributed by atoms with E-state index in [0.29, 0.717) is 22.5 Å². The Morgan fingerprint density at radius 2 is 1.84 bits per heavy atom. The van der Waals surface area contributed by atoms with Crippen molar-refractivity contribution < 1.29 is 14.0 Å². The van der Waals surface area contributed by atoms with Gasteiger partial charge in [-0.25, -0.2) is 0 Å². The van der Waals surface area contributed by atoms with Gasteiger partial charge in [-0.3, -0.25) is 24.4 Å². The van der Waals surface area contributed by atoms with Crippen LogP contribution in [0.3, 0.4) is 0 Å². The smallest absolute Gasteiger partial charge is 0.325 e. The number of carbonyl (C=O) groups is 2. The molecule has 31 heavy (non-hydrogen) atoms. The summed E-state index contributed by atoms with van der Waals surface area (Å²) in [5, 5.41) is 2.94. The number of hydrogen-bond donors (Lipinski definition) is 1. The molecule has 0 saturated carbocycles. The van der Waals surface area contributed by atoms with Gasteiger partial charge in [-0.05, 0) is 43.2 Å². The average Bonchev–Trinajstić information content (AvgIpc) is 3.41. The van der Waals surface area contributed by atoms with Crippen molar-refractivity contribution >= 4 is 28.6 Å². The number of nitrogens with one attached hydrogen (secondary N) is 1. The fourth-order valence-electron chi connectivity index (χ4n) is 4.07. The van der Waals surface area contributed by atoms with Gasteiger partial charge < -0.3 is 4.42 Å². The predicted molar refractivity (Wildman–Crippen MR) is 114 cm³/mol. The van der Waals surface area contributed by atoms with E-state index in [0.717, 1.165) is 12.0 Å². The number of aryl methyl sites for hydroxylation is 2. The van der Waals surface area contributed by atoms with Gasteiger partial charge in [0, 0.05) is 12.1 Å². The van der Waals surface area contributed by atoms with Crippen LogP contribution < -0.4 is 10.5 Å². The normalized spacial score (nSPS) is 16.6. The molecular formula is C23H20N4O4.